The zero-order valence-electron chi connectivity index (χ0n) is 14.6. The van der Waals surface area contributed by atoms with Crippen molar-refractivity contribution in [1.29, 1.82) is 0 Å². The van der Waals surface area contributed by atoms with Crippen LogP contribution in [0, 0.1) is 0 Å². The van der Waals surface area contributed by atoms with Crippen LogP contribution in [0.1, 0.15) is 54.0 Å². The number of aromatic nitrogens is 1. The minimum Gasteiger partial charge on any atom is -0.397 e. The second kappa shape index (κ2) is 8.82. The van der Waals surface area contributed by atoms with Crippen LogP contribution in [-0.4, -0.2) is 22.8 Å². The van der Waals surface area contributed by atoms with Crippen molar-refractivity contribution in [2.75, 3.05) is 11.1 Å². The molecule has 1 heterocycles. The van der Waals surface area contributed by atoms with Crippen LogP contribution < -0.4 is 16.4 Å². The van der Waals surface area contributed by atoms with Gasteiger partial charge in [0.2, 0.25) is 0 Å². The van der Waals surface area contributed by atoms with Crippen molar-refractivity contribution in [3.05, 3.63) is 53.9 Å². The standard InChI is InChI=1S/C19H24N4O2/c1-3-4-7-13(2)22-19(25)17-11-10-14(12-21-17)18(24)23-16-9-6-5-8-15(16)20/h5-6,8-13H,3-4,7,20H2,1-2H3,(H,22,25)(H,23,24). The molecule has 2 rings (SSSR count). The number of unbranched alkanes of at least 4 members (excludes halogenated alkanes) is 1. The van der Waals surface area contributed by atoms with Gasteiger partial charge in [0.1, 0.15) is 5.69 Å². The second-order valence-corrected chi connectivity index (χ2v) is 5.99. The molecule has 0 bridgehead atoms. The lowest BCUT2D eigenvalue weighted by atomic mass is 10.1. The predicted octanol–water partition coefficient (Wildman–Crippen LogP) is 3.22. The lowest BCUT2D eigenvalue weighted by Gasteiger charge is -2.13. The molecule has 25 heavy (non-hydrogen) atoms. The molecule has 1 atom stereocenters. The van der Waals surface area contributed by atoms with E-state index < -0.39 is 0 Å². The van der Waals surface area contributed by atoms with Crippen LogP contribution in [0.4, 0.5) is 11.4 Å². The van der Waals surface area contributed by atoms with E-state index in [1.807, 2.05) is 6.92 Å². The number of carbonyl (C=O) groups is 2. The molecule has 0 saturated heterocycles. The van der Waals surface area contributed by atoms with Gasteiger partial charge in [0.25, 0.3) is 11.8 Å². The van der Waals surface area contributed by atoms with Crippen molar-refractivity contribution in [2.24, 2.45) is 0 Å². The fourth-order valence-corrected chi connectivity index (χ4v) is 2.35. The highest BCUT2D eigenvalue weighted by Crippen LogP contribution is 2.17. The summed E-state index contributed by atoms with van der Waals surface area (Å²) in [5, 5.41) is 5.63. The van der Waals surface area contributed by atoms with E-state index in [1.54, 1.807) is 36.4 Å². The van der Waals surface area contributed by atoms with E-state index in [9.17, 15) is 9.59 Å². The molecule has 2 amide bonds. The fraction of sp³-hybridized carbons (Fsp3) is 0.316. The first-order chi connectivity index (χ1) is 12.0. The summed E-state index contributed by atoms with van der Waals surface area (Å²) in [6.45, 7) is 4.09. The van der Waals surface area contributed by atoms with Gasteiger partial charge in [-0.25, -0.2) is 0 Å². The summed E-state index contributed by atoms with van der Waals surface area (Å²) in [7, 11) is 0. The number of para-hydroxylation sites is 2. The average Bonchev–Trinajstić information content (AvgIpc) is 2.62. The maximum atomic E-state index is 12.2. The maximum absolute atomic E-state index is 12.2. The molecule has 0 fully saturated rings. The normalized spacial score (nSPS) is 11.6. The monoisotopic (exact) mass is 340 g/mol. The summed E-state index contributed by atoms with van der Waals surface area (Å²) in [4.78, 5) is 28.5. The van der Waals surface area contributed by atoms with Gasteiger partial charge in [-0.3, -0.25) is 14.6 Å². The molecule has 6 heteroatoms. The molecule has 6 nitrogen and oxygen atoms in total. The van der Waals surface area contributed by atoms with Gasteiger partial charge >= 0.3 is 0 Å². The molecule has 0 saturated carbocycles. The first-order valence-electron chi connectivity index (χ1n) is 8.44. The van der Waals surface area contributed by atoms with E-state index in [1.165, 1.54) is 6.20 Å². The molecule has 132 valence electrons. The first kappa shape index (κ1) is 18.4. The zero-order chi connectivity index (χ0) is 18.2. The van der Waals surface area contributed by atoms with Crippen molar-refractivity contribution in [3.8, 4) is 0 Å². The van der Waals surface area contributed by atoms with Crippen LogP contribution >= 0.6 is 0 Å². The number of amides is 2. The van der Waals surface area contributed by atoms with E-state index in [0.717, 1.165) is 19.3 Å². The van der Waals surface area contributed by atoms with E-state index in [4.69, 9.17) is 5.73 Å². The third kappa shape index (κ3) is 5.31. The van der Waals surface area contributed by atoms with Crippen molar-refractivity contribution in [1.82, 2.24) is 10.3 Å². The van der Waals surface area contributed by atoms with Gasteiger partial charge in [-0.2, -0.15) is 0 Å². The Balaban J connectivity index is 1.98. The van der Waals surface area contributed by atoms with E-state index in [-0.39, 0.29) is 17.9 Å². The van der Waals surface area contributed by atoms with Gasteiger partial charge in [0.15, 0.2) is 0 Å². The topological polar surface area (TPSA) is 97.1 Å². The lowest BCUT2D eigenvalue weighted by molar-refractivity contribution is 0.0931. The maximum Gasteiger partial charge on any atom is 0.270 e. The number of pyridine rings is 1. The van der Waals surface area contributed by atoms with E-state index in [2.05, 4.69) is 22.5 Å². The summed E-state index contributed by atoms with van der Waals surface area (Å²) >= 11 is 0. The van der Waals surface area contributed by atoms with Gasteiger partial charge in [0.05, 0.1) is 16.9 Å². The number of rotatable bonds is 7. The van der Waals surface area contributed by atoms with Crippen LogP contribution in [0.2, 0.25) is 0 Å². The Kier molecular flexibility index (Phi) is 6.51. The van der Waals surface area contributed by atoms with Gasteiger partial charge in [-0.15, -0.1) is 0 Å². The van der Waals surface area contributed by atoms with Crippen molar-refractivity contribution < 1.29 is 9.59 Å². The van der Waals surface area contributed by atoms with Crippen molar-refractivity contribution in [2.45, 2.75) is 39.2 Å². The number of hydrogen-bond acceptors (Lipinski definition) is 4. The number of nitrogen functional groups attached to an aromatic ring is 1. The Morgan fingerprint density at radius 2 is 1.92 bits per heavy atom. The fourth-order valence-electron chi connectivity index (χ4n) is 2.35. The Bertz CT molecular complexity index is 728. The SMILES string of the molecule is CCCCC(C)NC(=O)c1ccc(C(=O)Nc2ccccc2N)cn1. The number of carbonyl (C=O) groups excluding carboxylic acids is 2. The summed E-state index contributed by atoms with van der Waals surface area (Å²) in [6.07, 6.45) is 4.48. The second-order valence-electron chi connectivity index (χ2n) is 5.99. The highest BCUT2D eigenvalue weighted by Gasteiger charge is 2.13. The van der Waals surface area contributed by atoms with Crippen LogP contribution in [0.25, 0.3) is 0 Å². The molecular weight excluding hydrogens is 316 g/mol. The molecule has 1 unspecified atom stereocenters. The molecule has 0 aliphatic heterocycles. The number of hydrogen-bond donors (Lipinski definition) is 3. The van der Waals surface area contributed by atoms with Crippen molar-refractivity contribution in [3.63, 3.8) is 0 Å². The van der Waals surface area contributed by atoms with E-state index in [0.29, 0.717) is 22.6 Å². The van der Waals surface area contributed by atoms with Gasteiger partial charge in [-0.05, 0) is 37.6 Å². The lowest BCUT2D eigenvalue weighted by Crippen LogP contribution is -2.33. The molecular formula is C19H24N4O2. The zero-order valence-corrected chi connectivity index (χ0v) is 14.6. The number of anilines is 2. The van der Waals surface area contributed by atoms with Gasteiger partial charge in [-0.1, -0.05) is 31.9 Å². The van der Waals surface area contributed by atoms with Crippen LogP contribution in [-0.2, 0) is 0 Å². The predicted molar refractivity (Wildman–Crippen MR) is 99.5 cm³/mol. The molecule has 0 aliphatic rings. The average molecular weight is 340 g/mol. The highest BCUT2D eigenvalue weighted by atomic mass is 16.2. The minimum absolute atomic E-state index is 0.0956. The Morgan fingerprint density at radius 3 is 2.56 bits per heavy atom. The van der Waals surface area contributed by atoms with Crippen molar-refractivity contribution >= 4 is 23.2 Å². The highest BCUT2D eigenvalue weighted by molar-refractivity contribution is 6.05. The molecule has 1 aromatic carbocycles. The van der Waals surface area contributed by atoms with Crippen LogP contribution in [0.5, 0.6) is 0 Å². The molecule has 0 aliphatic carbocycles. The van der Waals surface area contributed by atoms with Gasteiger partial charge in [0, 0.05) is 12.2 Å². The Morgan fingerprint density at radius 1 is 1.16 bits per heavy atom. The van der Waals surface area contributed by atoms with Crippen LogP contribution in [0.15, 0.2) is 42.6 Å². The number of benzene rings is 1. The number of nitrogens with two attached hydrogens (primary N) is 1. The van der Waals surface area contributed by atoms with E-state index >= 15 is 0 Å². The largest absolute Gasteiger partial charge is 0.397 e. The number of nitrogens with one attached hydrogen (secondary N) is 2. The summed E-state index contributed by atoms with van der Waals surface area (Å²) in [5.74, 6) is -0.559. The third-order valence-electron chi connectivity index (χ3n) is 3.84. The molecule has 4 N–H and O–H groups in total. The summed E-state index contributed by atoms with van der Waals surface area (Å²) in [6, 6.07) is 10.2. The minimum atomic E-state index is -0.325. The smallest absolute Gasteiger partial charge is 0.270 e. The molecule has 2 aromatic rings. The Hall–Kier alpha value is -2.89. The first-order valence-corrected chi connectivity index (χ1v) is 8.44. The van der Waals surface area contributed by atoms with Crippen LogP contribution in [0.3, 0.4) is 0 Å². The summed E-state index contributed by atoms with van der Waals surface area (Å²) in [5.41, 5.74) is 7.49. The quantitative estimate of drug-likeness (QED) is 0.674. The van der Waals surface area contributed by atoms with Gasteiger partial charge < -0.3 is 16.4 Å². The summed E-state index contributed by atoms with van der Waals surface area (Å²) < 4.78 is 0. The third-order valence-corrected chi connectivity index (χ3v) is 3.84. The Labute approximate surface area is 147 Å². The molecule has 1 aromatic heterocycles. The molecule has 0 radical (unpaired) electrons. The molecule has 0 spiro atoms. The number of nitrogens with zero attached hydrogens (tertiary/aromatic N) is 1.